The molecule has 2 unspecified atom stereocenters. The fourth-order valence-electron chi connectivity index (χ4n) is 2.92. The second-order valence-electron chi connectivity index (χ2n) is 5.29. The molecule has 0 radical (unpaired) electrons. The maximum atomic E-state index is 12.6. The van der Waals surface area contributed by atoms with Gasteiger partial charge in [-0.15, -0.1) is 13.2 Å². The van der Waals surface area contributed by atoms with Crippen molar-refractivity contribution in [3.8, 4) is 5.75 Å². The smallest absolute Gasteiger partial charge is 0.405 e. The number of Topliss-reactive ketones (excluding diaryl/α,β-unsaturated/α-hetero) is 1. The number of alkyl halides is 3. The summed E-state index contributed by atoms with van der Waals surface area (Å²) in [5, 5.41) is 0. The lowest BCUT2D eigenvalue weighted by Gasteiger charge is -2.29. The van der Waals surface area contributed by atoms with Gasteiger partial charge >= 0.3 is 6.36 Å². The van der Waals surface area contributed by atoms with Gasteiger partial charge in [0, 0.05) is 5.92 Å². The Kier molecular flexibility index (Phi) is 4.88. The fraction of sp³-hybridized carbons (Fsp3) is 0.533. The van der Waals surface area contributed by atoms with Crippen LogP contribution in [-0.2, 0) is 0 Å². The molecule has 1 fully saturated rings. The molecule has 2 rings (SSSR count). The van der Waals surface area contributed by atoms with Crippen molar-refractivity contribution in [2.24, 2.45) is 17.6 Å². The molecule has 1 aromatic carbocycles. The van der Waals surface area contributed by atoms with E-state index < -0.39 is 12.1 Å². The van der Waals surface area contributed by atoms with Gasteiger partial charge in [0.05, 0.1) is 5.56 Å². The monoisotopic (exact) mass is 301 g/mol. The van der Waals surface area contributed by atoms with E-state index in [4.69, 9.17) is 5.73 Å². The van der Waals surface area contributed by atoms with E-state index >= 15 is 0 Å². The normalized spacial score (nSPS) is 22.9. The second-order valence-corrected chi connectivity index (χ2v) is 5.29. The second kappa shape index (κ2) is 6.47. The molecular weight excluding hydrogens is 283 g/mol. The molecule has 2 atom stereocenters. The Hall–Kier alpha value is -1.56. The highest BCUT2D eigenvalue weighted by atomic mass is 19.4. The van der Waals surface area contributed by atoms with Crippen LogP contribution < -0.4 is 10.5 Å². The summed E-state index contributed by atoms with van der Waals surface area (Å²) in [7, 11) is 0. The number of ketones is 1. The zero-order valence-corrected chi connectivity index (χ0v) is 11.5. The van der Waals surface area contributed by atoms with Crippen molar-refractivity contribution in [1.82, 2.24) is 0 Å². The summed E-state index contributed by atoms with van der Waals surface area (Å²) in [5.41, 5.74) is 5.67. The van der Waals surface area contributed by atoms with E-state index in [-0.39, 0.29) is 23.2 Å². The molecule has 0 amide bonds. The van der Waals surface area contributed by atoms with E-state index in [9.17, 15) is 18.0 Å². The first-order chi connectivity index (χ1) is 9.92. The van der Waals surface area contributed by atoms with Gasteiger partial charge in [-0.25, -0.2) is 0 Å². The average molecular weight is 301 g/mol. The summed E-state index contributed by atoms with van der Waals surface area (Å²) in [6.45, 7) is 0.374. The van der Waals surface area contributed by atoms with Crippen molar-refractivity contribution in [3.05, 3.63) is 29.8 Å². The number of hydrogen-bond acceptors (Lipinski definition) is 3. The van der Waals surface area contributed by atoms with Crippen molar-refractivity contribution < 1.29 is 22.7 Å². The Morgan fingerprint density at radius 2 is 1.90 bits per heavy atom. The largest absolute Gasteiger partial charge is 0.573 e. The number of hydrogen-bond donors (Lipinski definition) is 1. The van der Waals surface area contributed by atoms with Crippen LogP contribution in [0.4, 0.5) is 13.2 Å². The van der Waals surface area contributed by atoms with Crippen LogP contribution >= 0.6 is 0 Å². The van der Waals surface area contributed by atoms with E-state index in [2.05, 4.69) is 4.74 Å². The summed E-state index contributed by atoms with van der Waals surface area (Å²) in [6.07, 6.45) is -1.39. The highest BCUT2D eigenvalue weighted by Crippen LogP contribution is 2.35. The molecule has 1 aromatic rings. The predicted molar refractivity (Wildman–Crippen MR) is 72.0 cm³/mol. The number of rotatable bonds is 4. The van der Waals surface area contributed by atoms with Crippen molar-refractivity contribution in [1.29, 1.82) is 0 Å². The summed E-state index contributed by atoms with van der Waals surface area (Å²) in [5.74, 6) is -1.02. The molecule has 1 aliphatic carbocycles. The summed E-state index contributed by atoms with van der Waals surface area (Å²) >= 11 is 0. The van der Waals surface area contributed by atoms with Crippen molar-refractivity contribution in [2.75, 3.05) is 6.54 Å². The van der Waals surface area contributed by atoms with E-state index in [1.54, 1.807) is 0 Å². The van der Waals surface area contributed by atoms with Crippen molar-refractivity contribution >= 4 is 5.78 Å². The van der Waals surface area contributed by atoms with Gasteiger partial charge in [-0.1, -0.05) is 25.0 Å². The van der Waals surface area contributed by atoms with Gasteiger partial charge in [0.15, 0.2) is 5.78 Å². The SMILES string of the molecule is NCC1CCCCC1C(=O)c1ccccc1OC(F)(F)F. The van der Waals surface area contributed by atoms with Gasteiger partial charge in [-0.05, 0) is 37.4 Å². The molecular formula is C15H18F3NO2. The average Bonchev–Trinajstić information content (AvgIpc) is 2.45. The van der Waals surface area contributed by atoms with E-state index in [0.29, 0.717) is 13.0 Å². The fourth-order valence-corrected chi connectivity index (χ4v) is 2.92. The van der Waals surface area contributed by atoms with Crippen LogP contribution in [0.3, 0.4) is 0 Å². The summed E-state index contributed by atoms with van der Waals surface area (Å²) in [4.78, 5) is 12.6. The molecule has 21 heavy (non-hydrogen) atoms. The first-order valence-corrected chi connectivity index (χ1v) is 7.01. The number of halogens is 3. The first kappa shape index (κ1) is 15.8. The molecule has 0 aromatic heterocycles. The van der Waals surface area contributed by atoms with Gasteiger partial charge in [-0.2, -0.15) is 0 Å². The Bertz CT molecular complexity index is 502. The third-order valence-corrected chi connectivity index (χ3v) is 3.93. The maximum Gasteiger partial charge on any atom is 0.573 e. The molecule has 116 valence electrons. The van der Waals surface area contributed by atoms with Crippen LogP contribution in [0.1, 0.15) is 36.0 Å². The predicted octanol–water partition coefficient (Wildman–Crippen LogP) is 3.53. The molecule has 0 spiro atoms. The van der Waals surface area contributed by atoms with Gasteiger partial charge in [-0.3, -0.25) is 4.79 Å². The van der Waals surface area contributed by atoms with Crippen LogP contribution in [0.5, 0.6) is 5.75 Å². The zero-order valence-electron chi connectivity index (χ0n) is 11.5. The number of carbonyl (C=O) groups is 1. The Morgan fingerprint density at radius 3 is 2.57 bits per heavy atom. The lowest BCUT2D eigenvalue weighted by molar-refractivity contribution is -0.274. The van der Waals surface area contributed by atoms with Gasteiger partial charge in [0.2, 0.25) is 0 Å². The van der Waals surface area contributed by atoms with Crippen LogP contribution in [0.15, 0.2) is 24.3 Å². The Morgan fingerprint density at radius 1 is 1.24 bits per heavy atom. The van der Waals surface area contributed by atoms with Crippen LogP contribution in [0.2, 0.25) is 0 Å². The van der Waals surface area contributed by atoms with Gasteiger partial charge < -0.3 is 10.5 Å². The molecule has 0 bridgehead atoms. The standard InChI is InChI=1S/C15H18F3NO2/c16-15(17,18)21-13-8-4-3-7-12(13)14(20)11-6-2-1-5-10(11)9-19/h3-4,7-8,10-11H,1-2,5-6,9,19H2. The molecule has 0 heterocycles. The van der Waals surface area contributed by atoms with Crippen molar-refractivity contribution in [2.45, 2.75) is 32.0 Å². The maximum absolute atomic E-state index is 12.6. The van der Waals surface area contributed by atoms with E-state index in [0.717, 1.165) is 19.3 Å². The first-order valence-electron chi connectivity index (χ1n) is 7.01. The van der Waals surface area contributed by atoms with E-state index in [1.165, 1.54) is 24.3 Å². The third-order valence-electron chi connectivity index (χ3n) is 3.93. The van der Waals surface area contributed by atoms with Crippen LogP contribution in [0.25, 0.3) is 0 Å². The third kappa shape index (κ3) is 3.97. The number of carbonyl (C=O) groups excluding carboxylic acids is 1. The topological polar surface area (TPSA) is 52.3 Å². The minimum atomic E-state index is -4.81. The molecule has 0 aliphatic heterocycles. The Labute approximate surface area is 121 Å². The summed E-state index contributed by atoms with van der Waals surface area (Å²) < 4.78 is 41.2. The molecule has 6 heteroatoms. The summed E-state index contributed by atoms with van der Waals surface area (Å²) in [6, 6.07) is 5.50. The minimum absolute atomic E-state index is 0.0137. The number of ether oxygens (including phenoxy) is 1. The number of para-hydroxylation sites is 1. The molecule has 1 saturated carbocycles. The lowest BCUT2D eigenvalue weighted by atomic mass is 9.75. The van der Waals surface area contributed by atoms with E-state index in [1.807, 2.05) is 0 Å². The minimum Gasteiger partial charge on any atom is -0.405 e. The van der Waals surface area contributed by atoms with Crippen molar-refractivity contribution in [3.63, 3.8) is 0 Å². The highest BCUT2D eigenvalue weighted by molar-refractivity contribution is 6.00. The quantitative estimate of drug-likeness (QED) is 0.866. The number of benzene rings is 1. The highest BCUT2D eigenvalue weighted by Gasteiger charge is 2.35. The number of nitrogens with two attached hydrogens (primary N) is 1. The van der Waals surface area contributed by atoms with Crippen LogP contribution in [0, 0.1) is 11.8 Å². The Balaban J connectivity index is 2.26. The molecule has 1 aliphatic rings. The molecule has 0 saturated heterocycles. The molecule has 2 N–H and O–H groups in total. The van der Waals surface area contributed by atoms with Gasteiger partial charge in [0.25, 0.3) is 0 Å². The zero-order chi connectivity index (χ0) is 15.5. The van der Waals surface area contributed by atoms with Gasteiger partial charge in [0.1, 0.15) is 5.75 Å². The lowest BCUT2D eigenvalue weighted by Crippen LogP contribution is -2.33. The molecule has 3 nitrogen and oxygen atoms in total. The van der Waals surface area contributed by atoms with Crippen LogP contribution in [-0.4, -0.2) is 18.7 Å².